The number of aromatic nitrogens is 1. The molecule has 0 atom stereocenters. The predicted octanol–water partition coefficient (Wildman–Crippen LogP) is 0.849. The third-order valence-corrected chi connectivity index (χ3v) is 0.841. The number of pyridine rings is 1. The third kappa shape index (κ3) is 1.50. The Bertz CT molecular complexity index is 371. The second-order valence-corrected chi connectivity index (χ2v) is 1.59. The molecule has 0 aromatic carbocycles. The summed E-state index contributed by atoms with van der Waals surface area (Å²) in [6.45, 7) is -0.790. The van der Waals surface area contributed by atoms with Crippen LogP contribution in [-0.4, -0.2) is 4.98 Å². The molecule has 0 saturated carbocycles. The van der Waals surface area contributed by atoms with Crippen molar-refractivity contribution in [3.8, 4) is 0 Å². The lowest BCUT2D eigenvalue weighted by Crippen LogP contribution is -1.98. The quantitative estimate of drug-likeness (QED) is 0.607. The maximum atomic E-state index is 7.44. The molecule has 2 N–H and O–H groups in total. The zero-order valence-corrected chi connectivity index (χ0v) is 5.02. The smallest absolute Gasteiger partial charge is 0.0843 e. The zero-order chi connectivity index (χ0) is 11.1. The van der Waals surface area contributed by atoms with Crippen LogP contribution >= 0.6 is 0 Å². The number of rotatable bonds is 1. The zero-order valence-electron chi connectivity index (χ0n) is 10.0. The van der Waals surface area contributed by atoms with Crippen molar-refractivity contribution in [2.45, 2.75) is 13.4 Å². The van der Waals surface area contributed by atoms with Crippen molar-refractivity contribution in [3.63, 3.8) is 0 Å². The molecular weight excluding hydrogens is 112 g/mol. The summed E-state index contributed by atoms with van der Waals surface area (Å²) in [6, 6.07) is -0.555. The van der Waals surface area contributed by atoms with Crippen LogP contribution in [0.1, 0.15) is 18.1 Å². The fraction of sp³-hybridized carbons (Fsp3) is 0.286. The Labute approximate surface area is 61.7 Å². The van der Waals surface area contributed by atoms with Crippen LogP contribution in [0.15, 0.2) is 18.3 Å². The van der Waals surface area contributed by atoms with Crippen LogP contribution < -0.4 is 5.73 Å². The second-order valence-electron chi connectivity index (χ2n) is 1.59. The van der Waals surface area contributed by atoms with Crippen molar-refractivity contribution in [1.82, 2.24) is 4.98 Å². The van der Waals surface area contributed by atoms with E-state index in [0.29, 0.717) is 0 Å². The minimum absolute atomic E-state index is 0.200. The van der Waals surface area contributed by atoms with Crippen LogP contribution in [0.4, 0.5) is 0 Å². The van der Waals surface area contributed by atoms with E-state index in [1.807, 2.05) is 0 Å². The van der Waals surface area contributed by atoms with Gasteiger partial charge in [-0.15, -0.1) is 0 Å². The Kier molecular flexibility index (Phi) is 0.688. The van der Waals surface area contributed by atoms with Gasteiger partial charge in [0.1, 0.15) is 0 Å². The molecule has 0 spiro atoms. The van der Waals surface area contributed by atoms with Crippen molar-refractivity contribution in [3.05, 3.63) is 29.5 Å². The van der Waals surface area contributed by atoms with Gasteiger partial charge in [0.25, 0.3) is 0 Å². The summed E-state index contributed by atoms with van der Waals surface area (Å²) in [6.07, 6.45) is -0.213. The predicted molar refractivity (Wildman–Crippen MR) is 36.9 cm³/mol. The summed E-state index contributed by atoms with van der Waals surface area (Å²) in [7, 11) is 0. The van der Waals surface area contributed by atoms with Gasteiger partial charge in [0.2, 0.25) is 0 Å². The van der Waals surface area contributed by atoms with Crippen LogP contribution in [0, 0.1) is 6.92 Å². The Morgan fingerprint density at radius 2 is 2.67 bits per heavy atom. The van der Waals surface area contributed by atoms with E-state index in [2.05, 4.69) is 4.98 Å². The first kappa shape index (κ1) is 2.39. The van der Waals surface area contributed by atoms with Gasteiger partial charge in [-0.2, -0.15) is 0 Å². The number of hydrogen-bond acceptors (Lipinski definition) is 2. The molecule has 0 unspecified atom stereocenters. The standard InChI is InChI=1S/C7H10N2/c1-6-2-3-7(4-8)9-5-6/h2-3,5H,4,8H2,1H3/i2D,3D,4D2,5D. The van der Waals surface area contributed by atoms with Crippen LogP contribution in [-0.2, 0) is 6.50 Å². The van der Waals surface area contributed by atoms with Gasteiger partial charge in [-0.05, 0) is 18.5 Å². The second kappa shape index (κ2) is 2.60. The first-order valence-electron chi connectivity index (χ1n) is 4.99. The Morgan fingerprint density at radius 3 is 3.33 bits per heavy atom. The van der Waals surface area contributed by atoms with E-state index in [0.717, 1.165) is 0 Å². The molecule has 0 aliphatic rings. The third-order valence-electron chi connectivity index (χ3n) is 0.841. The normalized spacial score (nSPS) is 19.1. The summed E-state index contributed by atoms with van der Waals surface area (Å²) in [5.41, 5.74) is 5.02. The van der Waals surface area contributed by atoms with Gasteiger partial charge < -0.3 is 5.73 Å². The lowest BCUT2D eigenvalue weighted by Gasteiger charge is -1.93. The molecule has 48 valence electrons. The van der Waals surface area contributed by atoms with E-state index < -0.39 is 6.50 Å². The van der Waals surface area contributed by atoms with Gasteiger partial charge in [0, 0.05) is 15.4 Å². The molecule has 0 bridgehead atoms. The molecular formula is C7H10N2. The minimum atomic E-state index is -2.28. The van der Waals surface area contributed by atoms with E-state index in [1.165, 1.54) is 6.92 Å². The van der Waals surface area contributed by atoms with Gasteiger partial charge in [-0.3, -0.25) is 4.98 Å². The van der Waals surface area contributed by atoms with Crippen LogP contribution in [0.5, 0.6) is 0 Å². The molecule has 9 heavy (non-hydrogen) atoms. The lowest BCUT2D eigenvalue weighted by molar-refractivity contribution is 0.984. The van der Waals surface area contributed by atoms with Crippen LogP contribution in [0.3, 0.4) is 0 Å². The first-order valence-corrected chi connectivity index (χ1v) is 2.49. The molecule has 2 heteroatoms. The lowest BCUT2D eigenvalue weighted by atomic mass is 10.3. The van der Waals surface area contributed by atoms with E-state index in [9.17, 15) is 0 Å². The number of nitrogens with two attached hydrogens (primary N) is 1. The van der Waals surface area contributed by atoms with Crippen molar-refractivity contribution in [2.75, 3.05) is 0 Å². The molecule has 1 aromatic heterocycles. The average Bonchev–Trinajstić information content (AvgIpc) is 2.06. The maximum absolute atomic E-state index is 7.44. The SMILES string of the molecule is [2H]c1nc(C([2H])([2H])N)c([2H])c([2H])c1C. The van der Waals surface area contributed by atoms with Gasteiger partial charge in [-0.1, -0.05) is 6.04 Å². The highest BCUT2D eigenvalue weighted by atomic mass is 14.7. The highest BCUT2D eigenvalue weighted by Gasteiger charge is 1.86. The van der Waals surface area contributed by atoms with E-state index in [1.54, 1.807) is 0 Å². The molecule has 0 fully saturated rings. The topological polar surface area (TPSA) is 38.9 Å². The molecule has 1 aromatic rings. The van der Waals surface area contributed by atoms with E-state index in [4.69, 9.17) is 12.6 Å². The Morgan fingerprint density at radius 1 is 1.89 bits per heavy atom. The maximum Gasteiger partial charge on any atom is 0.0843 e. The highest BCUT2D eigenvalue weighted by Crippen LogP contribution is 1.95. The van der Waals surface area contributed by atoms with Gasteiger partial charge >= 0.3 is 0 Å². The summed E-state index contributed by atoms with van der Waals surface area (Å²) in [5.74, 6) is 0. The molecule has 0 saturated heterocycles. The highest BCUT2D eigenvalue weighted by molar-refractivity contribution is 5.11. The van der Waals surface area contributed by atoms with E-state index in [-0.39, 0.29) is 29.5 Å². The molecule has 1 heterocycles. The van der Waals surface area contributed by atoms with Crippen molar-refractivity contribution in [2.24, 2.45) is 5.73 Å². The van der Waals surface area contributed by atoms with Crippen LogP contribution in [0.2, 0.25) is 0 Å². The van der Waals surface area contributed by atoms with Crippen molar-refractivity contribution in [1.29, 1.82) is 0 Å². The van der Waals surface area contributed by atoms with Crippen molar-refractivity contribution < 1.29 is 6.85 Å². The Hall–Kier alpha value is -0.890. The molecule has 2 nitrogen and oxygen atoms in total. The fourth-order valence-electron chi connectivity index (χ4n) is 0.417. The molecule has 0 aliphatic carbocycles. The van der Waals surface area contributed by atoms with Gasteiger partial charge in [0.05, 0.1) is 9.81 Å². The van der Waals surface area contributed by atoms with E-state index >= 15 is 0 Å². The first-order chi connectivity index (χ1) is 6.25. The number of nitrogens with zero attached hydrogens (tertiary/aromatic N) is 1. The fourth-order valence-corrected chi connectivity index (χ4v) is 0.417. The molecule has 1 rings (SSSR count). The van der Waals surface area contributed by atoms with Crippen LogP contribution in [0.25, 0.3) is 0 Å². The summed E-state index contributed by atoms with van der Waals surface area (Å²) < 4.78 is 36.6. The molecule has 0 aliphatic heterocycles. The van der Waals surface area contributed by atoms with Gasteiger partial charge in [-0.25, -0.2) is 0 Å². The monoisotopic (exact) mass is 127 g/mol. The number of hydrogen-bond donors (Lipinski definition) is 1. The largest absolute Gasteiger partial charge is 0.325 e. The summed E-state index contributed by atoms with van der Waals surface area (Å²) in [4.78, 5) is 3.56. The summed E-state index contributed by atoms with van der Waals surface area (Å²) >= 11 is 0. The van der Waals surface area contributed by atoms with Crippen molar-refractivity contribution >= 4 is 0 Å². The minimum Gasteiger partial charge on any atom is -0.325 e. The average molecular weight is 127 g/mol. The molecule has 0 radical (unpaired) electrons. The summed E-state index contributed by atoms with van der Waals surface area (Å²) in [5, 5.41) is 0. The van der Waals surface area contributed by atoms with Gasteiger partial charge in [0.15, 0.2) is 0 Å². The Balaban J connectivity index is 3.49. The molecule has 0 amide bonds.